The van der Waals surface area contributed by atoms with Gasteiger partial charge in [0.05, 0.1) is 23.5 Å². The maximum absolute atomic E-state index is 13.1. The molecule has 168 valence electrons. The van der Waals surface area contributed by atoms with Crippen LogP contribution in [0, 0.1) is 5.92 Å². The summed E-state index contributed by atoms with van der Waals surface area (Å²) in [6.07, 6.45) is 4.47. The van der Waals surface area contributed by atoms with E-state index in [-0.39, 0.29) is 35.3 Å². The number of ketones is 1. The van der Waals surface area contributed by atoms with Crippen LogP contribution in [-0.2, 0) is 9.53 Å². The number of hydrogen-bond acceptors (Lipinski definition) is 7. The number of pyridine rings is 1. The van der Waals surface area contributed by atoms with E-state index in [9.17, 15) is 14.4 Å². The molecule has 32 heavy (non-hydrogen) atoms. The number of Topliss-reactive ketones (excluding diaryl/α,β-unsaturated/α-hetero) is 1. The van der Waals surface area contributed by atoms with Crippen LogP contribution >= 0.6 is 11.8 Å². The number of hydrogen-bond donors (Lipinski definition) is 1. The van der Waals surface area contributed by atoms with Crippen LogP contribution < -0.4 is 16.1 Å². The predicted octanol–water partition coefficient (Wildman–Crippen LogP) is 3.51. The largest absolute Gasteiger partial charge is 0.462 e. The van der Waals surface area contributed by atoms with E-state index in [1.54, 1.807) is 30.9 Å². The second-order valence-electron chi connectivity index (χ2n) is 8.81. The summed E-state index contributed by atoms with van der Waals surface area (Å²) < 4.78 is 7.12. The lowest BCUT2D eigenvalue weighted by Crippen LogP contribution is -2.37. The zero-order valence-electron chi connectivity index (χ0n) is 18.3. The van der Waals surface area contributed by atoms with Gasteiger partial charge in [0.25, 0.3) is 0 Å². The number of nitrogens with two attached hydrogens (primary N) is 1. The van der Waals surface area contributed by atoms with Gasteiger partial charge < -0.3 is 19.9 Å². The van der Waals surface area contributed by atoms with Crippen LogP contribution in [0.4, 0.5) is 11.4 Å². The number of thioether (sulfide) groups is 1. The van der Waals surface area contributed by atoms with Crippen molar-refractivity contribution in [1.29, 1.82) is 0 Å². The molecule has 1 atom stereocenters. The third kappa shape index (κ3) is 3.50. The van der Waals surface area contributed by atoms with E-state index in [0.29, 0.717) is 17.6 Å². The molecule has 2 aromatic rings. The Hall–Kier alpha value is -2.74. The van der Waals surface area contributed by atoms with Crippen molar-refractivity contribution in [2.45, 2.75) is 39.2 Å². The van der Waals surface area contributed by atoms with Gasteiger partial charge in [-0.2, -0.15) is 0 Å². The molecule has 1 aromatic carbocycles. The average molecular weight is 454 g/mol. The Morgan fingerprint density at radius 2 is 2.06 bits per heavy atom. The van der Waals surface area contributed by atoms with Crippen LogP contribution in [-0.4, -0.2) is 41.8 Å². The topological polar surface area (TPSA) is 94.6 Å². The first-order chi connectivity index (χ1) is 15.4. The average Bonchev–Trinajstić information content (AvgIpc) is 3.62. The van der Waals surface area contributed by atoms with E-state index < -0.39 is 5.97 Å². The SMILES string of the molecule is CCOC(=O)c1cn(C2CC2)c2cc(N3CCC4=C(C3)C(=O)C(C)CS4)c(N)cc2c1=O. The molecular formula is C24H27N3O4S. The first-order valence-electron chi connectivity index (χ1n) is 11.2. The van der Waals surface area contributed by atoms with Gasteiger partial charge in [0, 0.05) is 48.0 Å². The fraction of sp³-hybridized carbons (Fsp3) is 0.458. The molecule has 3 heterocycles. The Balaban J connectivity index is 1.60. The van der Waals surface area contributed by atoms with Crippen LogP contribution in [0.25, 0.3) is 10.9 Å². The Bertz CT molecular complexity index is 1230. The van der Waals surface area contributed by atoms with Crippen molar-refractivity contribution >= 4 is 45.8 Å². The number of nitrogens with zero attached hydrogens (tertiary/aromatic N) is 2. The minimum atomic E-state index is -0.602. The van der Waals surface area contributed by atoms with E-state index in [0.717, 1.165) is 48.3 Å². The maximum Gasteiger partial charge on any atom is 0.343 e. The summed E-state index contributed by atoms with van der Waals surface area (Å²) in [5, 5.41) is 0.429. The summed E-state index contributed by atoms with van der Waals surface area (Å²) in [7, 11) is 0. The van der Waals surface area contributed by atoms with Crippen LogP contribution in [0.2, 0.25) is 0 Å². The van der Waals surface area contributed by atoms with E-state index in [1.807, 2.05) is 17.6 Å². The number of carbonyl (C=O) groups is 2. The molecule has 0 saturated heterocycles. The summed E-state index contributed by atoms with van der Waals surface area (Å²) in [5.41, 5.74) is 9.10. The van der Waals surface area contributed by atoms with E-state index in [4.69, 9.17) is 10.5 Å². The first kappa shape index (κ1) is 21.1. The molecule has 1 saturated carbocycles. The molecule has 8 heteroatoms. The van der Waals surface area contributed by atoms with Crippen molar-refractivity contribution in [3.05, 3.63) is 44.6 Å². The van der Waals surface area contributed by atoms with Gasteiger partial charge >= 0.3 is 5.97 Å². The van der Waals surface area contributed by atoms with Crippen LogP contribution in [0.3, 0.4) is 0 Å². The molecule has 0 spiro atoms. The van der Waals surface area contributed by atoms with Gasteiger partial charge in [0.1, 0.15) is 5.56 Å². The lowest BCUT2D eigenvalue weighted by Gasteiger charge is -2.35. The van der Waals surface area contributed by atoms with Gasteiger partial charge in [0.2, 0.25) is 5.43 Å². The second-order valence-corrected chi connectivity index (χ2v) is 9.92. The van der Waals surface area contributed by atoms with Crippen molar-refractivity contribution < 1.29 is 14.3 Å². The summed E-state index contributed by atoms with van der Waals surface area (Å²) in [4.78, 5) is 41.6. The lowest BCUT2D eigenvalue weighted by molar-refractivity contribution is -0.118. The van der Waals surface area contributed by atoms with Gasteiger partial charge in [-0.3, -0.25) is 9.59 Å². The van der Waals surface area contributed by atoms with E-state index in [2.05, 4.69) is 4.90 Å². The van der Waals surface area contributed by atoms with Gasteiger partial charge in [-0.15, -0.1) is 11.8 Å². The third-order valence-corrected chi connectivity index (χ3v) is 7.97. The molecule has 1 aromatic heterocycles. The van der Waals surface area contributed by atoms with E-state index in [1.165, 1.54) is 4.91 Å². The van der Waals surface area contributed by atoms with E-state index >= 15 is 0 Å². The summed E-state index contributed by atoms with van der Waals surface area (Å²) >= 11 is 1.80. The molecule has 2 aliphatic heterocycles. The van der Waals surface area contributed by atoms with Gasteiger partial charge in [-0.05, 0) is 43.2 Å². The highest BCUT2D eigenvalue weighted by atomic mass is 32.2. The number of carbonyl (C=O) groups excluding carboxylic acids is 2. The molecule has 1 aliphatic carbocycles. The molecule has 2 N–H and O–H groups in total. The third-order valence-electron chi connectivity index (χ3n) is 6.50. The number of ether oxygens (including phenoxy) is 1. The lowest BCUT2D eigenvalue weighted by atomic mass is 9.96. The smallest absolute Gasteiger partial charge is 0.343 e. The highest BCUT2D eigenvalue weighted by molar-refractivity contribution is 8.03. The number of nitrogen functional groups attached to an aromatic ring is 1. The van der Waals surface area contributed by atoms with Crippen molar-refractivity contribution in [1.82, 2.24) is 4.57 Å². The highest BCUT2D eigenvalue weighted by Gasteiger charge is 2.33. The zero-order valence-corrected chi connectivity index (χ0v) is 19.2. The zero-order chi connectivity index (χ0) is 22.6. The van der Waals surface area contributed by atoms with Crippen molar-refractivity contribution in [2.75, 3.05) is 36.1 Å². The molecule has 3 aliphatic rings. The second kappa shape index (κ2) is 7.99. The monoisotopic (exact) mass is 453 g/mol. The molecule has 0 bridgehead atoms. The van der Waals surface area contributed by atoms with Crippen LogP contribution in [0.1, 0.15) is 49.5 Å². The summed E-state index contributed by atoms with van der Waals surface area (Å²) in [5.74, 6) is 0.520. The van der Waals surface area contributed by atoms with Gasteiger partial charge in [-0.1, -0.05) is 6.92 Å². The minimum absolute atomic E-state index is 0.0361. The molecule has 1 unspecified atom stereocenters. The predicted molar refractivity (Wildman–Crippen MR) is 127 cm³/mol. The number of esters is 1. The maximum atomic E-state index is 13.1. The molecule has 1 fully saturated rings. The molecule has 5 rings (SSSR count). The quantitative estimate of drug-likeness (QED) is 0.559. The Morgan fingerprint density at radius 1 is 1.28 bits per heavy atom. The van der Waals surface area contributed by atoms with Crippen LogP contribution in [0.15, 0.2) is 33.6 Å². The molecule has 0 radical (unpaired) electrons. The fourth-order valence-electron chi connectivity index (χ4n) is 4.61. The molecular weight excluding hydrogens is 426 g/mol. The highest BCUT2D eigenvalue weighted by Crippen LogP contribution is 2.41. The number of rotatable bonds is 4. The number of aromatic nitrogens is 1. The number of anilines is 2. The van der Waals surface area contributed by atoms with Gasteiger partial charge in [0.15, 0.2) is 5.78 Å². The Kier molecular flexibility index (Phi) is 5.28. The van der Waals surface area contributed by atoms with Crippen LogP contribution in [0.5, 0.6) is 0 Å². The summed E-state index contributed by atoms with van der Waals surface area (Å²) in [6.45, 7) is 5.23. The Labute approximate surface area is 190 Å². The van der Waals surface area contributed by atoms with Crippen molar-refractivity contribution in [3.8, 4) is 0 Å². The molecule has 0 amide bonds. The number of fused-ring (bicyclic) bond motifs is 1. The number of benzene rings is 1. The van der Waals surface area contributed by atoms with Crippen molar-refractivity contribution in [3.63, 3.8) is 0 Å². The fourth-order valence-corrected chi connectivity index (χ4v) is 5.79. The van der Waals surface area contributed by atoms with Gasteiger partial charge in [-0.25, -0.2) is 4.79 Å². The normalized spacial score (nSPS) is 21.1. The standard InChI is InChI=1S/C24H27N3O4S/c1-3-31-24(30)17-11-27(14-4-5-14)19-9-20(18(25)8-15(19)23(17)29)26-7-6-21-16(10-26)22(28)13(2)12-32-21/h8-9,11,13-14H,3-7,10,12,25H2,1-2H3. The minimum Gasteiger partial charge on any atom is -0.462 e. The molecule has 7 nitrogen and oxygen atoms in total. The summed E-state index contributed by atoms with van der Waals surface area (Å²) in [6, 6.07) is 3.89. The Morgan fingerprint density at radius 3 is 2.78 bits per heavy atom. The first-order valence-corrected chi connectivity index (χ1v) is 12.2. The van der Waals surface area contributed by atoms with Crippen molar-refractivity contribution in [2.24, 2.45) is 5.92 Å².